The Hall–Kier alpha value is -0.710. The van der Waals surface area contributed by atoms with E-state index in [9.17, 15) is 4.79 Å². The summed E-state index contributed by atoms with van der Waals surface area (Å²) in [6, 6.07) is 7.17. The highest BCUT2D eigenvalue weighted by Crippen LogP contribution is 2.15. The average Bonchev–Trinajstić information content (AvgIpc) is 2.31. The highest BCUT2D eigenvalue weighted by atomic mass is 35.5. The van der Waals surface area contributed by atoms with Crippen LogP contribution in [-0.4, -0.2) is 16.8 Å². The van der Waals surface area contributed by atoms with Crippen molar-refractivity contribution >= 4 is 29.5 Å². The van der Waals surface area contributed by atoms with Gasteiger partial charge in [0.25, 0.3) is 0 Å². The Bertz CT molecular complexity index is 399. The fourth-order valence-electron chi connectivity index (χ4n) is 1.07. The summed E-state index contributed by atoms with van der Waals surface area (Å²) in [7, 11) is 0. The molecule has 5 heteroatoms. The van der Waals surface area contributed by atoms with E-state index in [1.165, 1.54) is 11.9 Å². The zero-order valence-corrected chi connectivity index (χ0v) is 14.3. The van der Waals surface area contributed by atoms with Crippen molar-refractivity contribution in [3.63, 3.8) is 0 Å². The summed E-state index contributed by atoms with van der Waals surface area (Å²) in [5.74, 6) is -0.206. The van der Waals surface area contributed by atoms with Crippen LogP contribution in [0.25, 0.3) is 0 Å². The maximum Gasteiger partial charge on any atom is 0.310 e. The maximum absolute atomic E-state index is 11.3. The van der Waals surface area contributed by atoms with Crippen molar-refractivity contribution in [2.45, 2.75) is 51.9 Å². The van der Waals surface area contributed by atoms with E-state index >= 15 is 0 Å². The molecule has 0 atom stereocenters. The monoisotopic (exact) mass is 317 g/mol. The van der Waals surface area contributed by atoms with Gasteiger partial charge in [-0.15, -0.1) is 0 Å². The van der Waals surface area contributed by atoms with Gasteiger partial charge >= 0.3 is 5.97 Å². The first-order chi connectivity index (χ1) is 9.14. The molecule has 3 nitrogen and oxygen atoms in total. The number of benzene rings is 1. The Morgan fingerprint density at radius 3 is 2.10 bits per heavy atom. The topological polar surface area (TPSA) is 52.3 Å². The van der Waals surface area contributed by atoms with Gasteiger partial charge in [0.2, 0.25) is 0 Å². The Morgan fingerprint density at radius 2 is 1.75 bits per heavy atom. The van der Waals surface area contributed by atoms with Gasteiger partial charge in [-0.05, 0) is 52.3 Å². The minimum atomic E-state index is -0.206. The second-order valence-electron chi connectivity index (χ2n) is 5.57. The van der Waals surface area contributed by atoms with Gasteiger partial charge in [-0.25, -0.2) is 0 Å². The molecule has 0 spiro atoms. The number of carbonyl (C=O) groups excluding carboxylic acids is 1. The summed E-state index contributed by atoms with van der Waals surface area (Å²) >= 11 is 7.10. The number of rotatable bonds is 3. The van der Waals surface area contributed by atoms with Crippen molar-refractivity contribution in [3.05, 3.63) is 34.9 Å². The molecule has 0 amide bonds. The molecule has 0 saturated carbocycles. The van der Waals surface area contributed by atoms with E-state index in [0.717, 1.165) is 5.56 Å². The molecule has 0 unspecified atom stereocenters. The van der Waals surface area contributed by atoms with E-state index in [-0.39, 0.29) is 16.8 Å². The molecule has 0 aliphatic heterocycles. The van der Waals surface area contributed by atoms with Crippen LogP contribution in [0.3, 0.4) is 0 Å². The molecule has 0 radical (unpaired) electrons. The third kappa shape index (κ3) is 11.1. The van der Waals surface area contributed by atoms with Gasteiger partial charge in [0, 0.05) is 9.77 Å². The van der Waals surface area contributed by atoms with Crippen molar-refractivity contribution in [3.8, 4) is 0 Å². The van der Waals surface area contributed by atoms with Crippen LogP contribution in [-0.2, 0) is 16.0 Å². The molecule has 0 bridgehead atoms. The van der Waals surface area contributed by atoms with Crippen LogP contribution in [0.4, 0.5) is 0 Å². The van der Waals surface area contributed by atoms with E-state index in [2.05, 4.69) is 20.8 Å². The predicted molar refractivity (Wildman–Crippen MR) is 87.9 cm³/mol. The van der Waals surface area contributed by atoms with Crippen molar-refractivity contribution in [2.75, 3.05) is 0 Å². The lowest BCUT2D eigenvalue weighted by molar-refractivity contribution is -0.146. The summed E-state index contributed by atoms with van der Waals surface area (Å²) in [4.78, 5) is 11.3. The lowest BCUT2D eigenvalue weighted by Gasteiger charge is -2.11. The number of esters is 1. The number of hydrogen-bond donors (Lipinski definition) is 1. The smallest absolute Gasteiger partial charge is 0.310 e. The van der Waals surface area contributed by atoms with E-state index in [1.54, 1.807) is 12.1 Å². The number of ether oxygens (including phenoxy) is 1. The van der Waals surface area contributed by atoms with Crippen molar-refractivity contribution < 1.29 is 9.53 Å². The Labute approximate surface area is 131 Å². The molecule has 2 N–H and O–H groups in total. The fraction of sp³-hybridized carbons (Fsp3) is 0.533. The van der Waals surface area contributed by atoms with Crippen LogP contribution in [0, 0.1) is 0 Å². The Balaban J connectivity index is 0.000000511. The summed E-state index contributed by atoms with van der Waals surface area (Å²) in [5.41, 5.74) is 0.917. The predicted octanol–water partition coefficient (Wildman–Crippen LogP) is 4.23. The van der Waals surface area contributed by atoms with Crippen molar-refractivity contribution in [1.82, 2.24) is 0 Å². The first-order valence-corrected chi connectivity index (χ1v) is 7.71. The maximum atomic E-state index is 11.3. The Kier molecular flexibility index (Phi) is 8.94. The van der Waals surface area contributed by atoms with E-state index in [0.29, 0.717) is 11.4 Å². The van der Waals surface area contributed by atoms with Crippen LogP contribution in [0.1, 0.15) is 40.2 Å². The van der Waals surface area contributed by atoms with Crippen molar-refractivity contribution in [2.24, 2.45) is 5.14 Å². The van der Waals surface area contributed by atoms with Gasteiger partial charge < -0.3 is 4.74 Å². The number of halogens is 1. The number of nitrogens with two attached hydrogens (primary N) is 1. The fourth-order valence-corrected chi connectivity index (χ4v) is 1.20. The first-order valence-electron chi connectivity index (χ1n) is 6.46. The average molecular weight is 318 g/mol. The van der Waals surface area contributed by atoms with Crippen LogP contribution in [0.2, 0.25) is 5.02 Å². The summed E-state index contributed by atoms with van der Waals surface area (Å²) in [6.07, 6.45) is 0.241. The molecule has 20 heavy (non-hydrogen) atoms. The van der Waals surface area contributed by atoms with Crippen molar-refractivity contribution in [1.29, 1.82) is 0 Å². The van der Waals surface area contributed by atoms with Gasteiger partial charge in [0.15, 0.2) is 0 Å². The second kappa shape index (κ2) is 9.27. The number of hydrogen-bond acceptors (Lipinski definition) is 4. The molecule has 114 valence electrons. The lowest BCUT2D eigenvalue weighted by Crippen LogP contribution is -2.13. The van der Waals surface area contributed by atoms with Crippen LogP contribution >= 0.6 is 23.5 Å². The lowest BCUT2D eigenvalue weighted by atomic mass is 10.1. The minimum Gasteiger partial charge on any atom is -0.463 e. The quantitative estimate of drug-likeness (QED) is 0.669. The molecule has 1 rings (SSSR count). The standard InChI is InChI=1S/C11H13ClO2.C4H11NS/c1-8(2)14-11(13)7-9-3-5-10(12)6-4-9;1-4(2,3)6-5/h3-6,8H,7H2,1-2H3;5H2,1-3H3. The van der Waals surface area contributed by atoms with E-state index < -0.39 is 0 Å². The molecule has 0 saturated heterocycles. The third-order valence-electron chi connectivity index (χ3n) is 1.98. The summed E-state index contributed by atoms with van der Waals surface area (Å²) in [5, 5.41) is 5.89. The Morgan fingerprint density at radius 1 is 1.30 bits per heavy atom. The van der Waals surface area contributed by atoms with Crippen LogP contribution < -0.4 is 5.14 Å². The molecule has 0 aliphatic carbocycles. The summed E-state index contributed by atoms with van der Waals surface area (Å²) in [6.45, 7) is 9.91. The second-order valence-corrected chi connectivity index (χ2v) is 7.47. The molecule has 0 fully saturated rings. The van der Waals surface area contributed by atoms with Gasteiger partial charge in [-0.2, -0.15) is 0 Å². The van der Waals surface area contributed by atoms with Crippen LogP contribution in [0.15, 0.2) is 24.3 Å². The number of carbonyl (C=O) groups is 1. The highest BCUT2D eigenvalue weighted by molar-refractivity contribution is 7.98. The molecule has 0 heterocycles. The third-order valence-corrected chi connectivity index (χ3v) is 2.94. The zero-order valence-electron chi connectivity index (χ0n) is 12.8. The van der Waals surface area contributed by atoms with Crippen LogP contribution in [0.5, 0.6) is 0 Å². The van der Waals surface area contributed by atoms with E-state index in [4.69, 9.17) is 21.5 Å². The molecule has 1 aromatic rings. The zero-order chi connectivity index (χ0) is 15.8. The molecular formula is C15H24ClNO2S. The van der Waals surface area contributed by atoms with Gasteiger partial charge in [0.05, 0.1) is 12.5 Å². The normalized spacial score (nSPS) is 10.8. The largest absolute Gasteiger partial charge is 0.463 e. The van der Waals surface area contributed by atoms with Gasteiger partial charge in [-0.1, -0.05) is 35.7 Å². The summed E-state index contributed by atoms with van der Waals surface area (Å²) < 4.78 is 5.25. The molecule has 0 aromatic heterocycles. The molecular weight excluding hydrogens is 294 g/mol. The molecule has 1 aromatic carbocycles. The van der Waals surface area contributed by atoms with E-state index in [1.807, 2.05) is 26.0 Å². The highest BCUT2D eigenvalue weighted by Gasteiger charge is 2.06. The van der Waals surface area contributed by atoms with Gasteiger partial charge in [0.1, 0.15) is 0 Å². The molecule has 0 aliphatic rings. The van der Waals surface area contributed by atoms with Gasteiger partial charge in [-0.3, -0.25) is 9.93 Å². The first kappa shape index (κ1) is 19.3. The SMILES string of the molecule is CC(C)(C)SN.CC(C)OC(=O)Cc1ccc(Cl)cc1. The minimum absolute atomic E-state index is 0.0604.